The maximum absolute atomic E-state index is 6.39. The van der Waals surface area contributed by atoms with E-state index in [0.717, 1.165) is 50.6 Å². The molecule has 0 aliphatic heterocycles. The summed E-state index contributed by atoms with van der Waals surface area (Å²) in [6, 6.07) is 31.1. The zero-order valence-electron chi connectivity index (χ0n) is 23.2. The number of pyridine rings is 2. The largest absolute Gasteiger partial charge is 0.457 e. The lowest BCUT2D eigenvalue weighted by Gasteiger charge is -2.19. The number of aromatic nitrogens is 5. The first kappa shape index (κ1) is 24.8. The van der Waals surface area contributed by atoms with Crippen LogP contribution in [0.3, 0.4) is 0 Å². The number of hydrogen-bond acceptors (Lipinski definition) is 4. The van der Waals surface area contributed by atoms with Crippen molar-refractivity contribution in [1.29, 1.82) is 0 Å². The van der Waals surface area contributed by atoms with Gasteiger partial charge in [0.1, 0.15) is 17.3 Å². The summed E-state index contributed by atoms with van der Waals surface area (Å²) in [6.45, 7) is 6.74. The molecule has 41 heavy (non-hydrogen) atoms. The predicted molar refractivity (Wildman–Crippen MR) is 164 cm³/mol. The third-order valence-corrected chi connectivity index (χ3v) is 7.42. The molecule has 0 aliphatic carbocycles. The molecule has 0 fully saturated rings. The molecule has 0 bridgehead atoms. The zero-order chi connectivity index (χ0) is 28.0. The van der Waals surface area contributed by atoms with E-state index in [1.54, 1.807) is 18.6 Å². The maximum Gasteiger partial charge on any atom is 0.137 e. The van der Waals surface area contributed by atoms with E-state index in [-0.39, 0.29) is 5.41 Å². The fraction of sp³-hybridized carbons (Fsp3) is 0.114. The van der Waals surface area contributed by atoms with E-state index in [4.69, 9.17) is 9.72 Å². The molecule has 4 heterocycles. The number of hydrogen-bond donors (Lipinski definition) is 0. The summed E-state index contributed by atoms with van der Waals surface area (Å²) in [5.74, 6) is 2.35. The summed E-state index contributed by atoms with van der Waals surface area (Å²) >= 11 is 0. The fourth-order valence-electron chi connectivity index (χ4n) is 5.26. The Kier molecular flexibility index (Phi) is 5.89. The second-order valence-corrected chi connectivity index (χ2v) is 11.2. The van der Waals surface area contributed by atoms with Crippen LogP contribution >= 0.6 is 0 Å². The first-order valence-electron chi connectivity index (χ1n) is 13.7. The molecule has 7 rings (SSSR count). The molecular weight excluding hydrogens is 506 g/mol. The molecule has 7 aromatic rings. The van der Waals surface area contributed by atoms with Crippen molar-refractivity contribution in [3.63, 3.8) is 0 Å². The van der Waals surface area contributed by atoms with Crippen LogP contribution in [-0.4, -0.2) is 24.3 Å². The topological polar surface area (TPSA) is 57.8 Å². The van der Waals surface area contributed by atoms with E-state index in [9.17, 15) is 0 Å². The summed E-state index contributed by atoms with van der Waals surface area (Å²) in [5.41, 5.74) is 6.55. The minimum absolute atomic E-state index is 0.0374. The van der Waals surface area contributed by atoms with Crippen LogP contribution in [0.15, 0.2) is 122 Å². The smallest absolute Gasteiger partial charge is 0.137 e. The average molecular weight is 536 g/mol. The standard InChI is InChI=1S/C35H29N5O/c1-35(2,3)26-9-12-32-31(20-26)30-11-10-29(41-28-7-4-6-27(21-28)39-19-5-16-38-39)22-33(30)40(32)34-13-8-25(23-37-34)24-14-17-36-18-15-24/h4-23H,1-3H3. The molecule has 0 amide bonds. The number of nitrogens with zero attached hydrogens (tertiary/aromatic N) is 5. The SMILES string of the molecule is CC(C)(C)c1ccc2c(c1)c1ccc(Oc3cccc(-n4cccn4)c3)cc1n2-c1ccc(-c2ccncc2)cn1. The van der Waals surface area contributed by atoms with Gasteiger partial charge in [-0.05, 0) is 83.3 Å². The molecule has 0 N–H and O–H groups in total. The first-order chi connectivity index (χ1) is 19.9. The predicted octanol–water partition coefficient (Wildman–Crippen LogP) is 8.52. The molecule has 0 saturated heterocycles. The van der Waals surface area contributed by atoms with Crippen LogP contribution in [0.2, 0.25) is 0 Å². The molecule has 4 aromatic heterocycles. The highest BCUT2D eigenvalue weighted by Crippen LogP contribution is 2.37. The summed E-state index contributed by atoms with van der Waals surface area (Å²) in [6.07, 6.45) is 9.21. The van der Waals surface area contributed by atoms with Crippen molar-refractivity contribution >= 4 is 21.8 Å². The van der Waals surface area contributed by atoms with Gasteiger partial charge in [0.25, 0.3) is 0 Å². The van der Waals surface area contributed by atoms with E-state index in [1.807, 2.05) is 65.6 Å². The Labute approximate surface area is 238 Å². The molecular formula is C35H29N5O. The number of ether oxygens (including phenoxy) is 1. The van der Waals surface area contributed by atoms with Gasteiger partial charge in [0.15, 0.2) is 0 Å². The van der Waals surface area contributed by atoms with E-state index < -0.39 is 0 Å². The van der Waals surface area contributed by atoms with Crippen molar-refractivity contribution in [3.8, 4) is 34.1 Å². The molecule has 200 valence electrons. The first-order valence-corrected chi connectivity index (χ1v) is 13.7. The van der Waals surface area contributed by atoms with Crippen LogP contribution in [0.5, 0.6) is 11.5 Å². The highest BCUT2D eigenvalue weighted by Gasteiger charge is 2.19. The van der Waals surface area contributed by atoms with Crippen LogP contribution in [-0.2, 0) is 5.41 Å². The Hall–Kier alpha value is -5.23. The maximum atomic E-state index is 6.39. The quantitative estimate of drug-likeness (QED) is 0.222. The van der Waals surface area contributed by atoms with Crippen LogP contribution in [0.4, 0.5) is 0 Å². The minimum atomic E-state index is 0.0374. The van der Waals surface area contributed by atoms with Gasteiger partial charge >= 0.3 is 0 Å². The van der Waals surface area contributed by atoms with Crippen LogP contribution in [0.1, 0.15) is 26.3 Å². The van der Waals surface area contributed by atoms with Gasteiger partial charge in [-0.1, -0.05) is 32.9 Å². The number of benzene rings is 3. The summed E-state index contributed by atoms with van der Waals surface area (Å²) in [4.78, 5) is 9.05. The van der Waals surface area contributed by atoms with Crippen molar-refractivity contribution < 1.29 is 4.74 Å². The summed E-state index contributed by atoms with van der Waals surface area (Å²) in [7, 11) is 0. The second-order valence-electron chi connectivity index (χ2n) is 11.2. The van der Waals surface area contributed by atoms with Crippen LogP contribution in [0.25, 0.3) is 44.4 Å². The average Bonchev–Trinajstić information content (AvgIpc) is 3.64. The van der Waals surface area contributed by atoms with E-state index in [2.05, 4.69) is 77.9 Å². The molecule has 0 spiro atoms. The Morgan fingerprint density at radius 3 is 2.29 bits per heavy atom. The van der Waals surface area contributed by atoms with E-state index in [0.29, 0.717) is 0 Å². The summed E-state index contributed by atoms with van der Waals surface area (Å²) < 4.78 is 10.4. The fourth-order valence-corrected chi connectivity index (χ4v) is 5.26. The van der Waals surface area contributed by atoms with Gasteiger partial charge in [0.2, 0.25) is 0 Å². The van der Waals surface area contributed by atoms with Crippen LogP contribution < -0.4 is 4.74 Å². The highest BCUT2D eigenvalue weighted by molar-refractivity contribution is 6.09. The van der Waals surface area contributed by atoms with Gasteiger partial charge in [-0.15, -0.1) is 0 Å². The molecule has 0 unspecified atom stereocenters. The normalized spacial score (nSPS) is 11.8. The van der Waals surface area contributed by atoms with Gasteiger partial charge in [0.05, 0.1) is 16.7 Å². The lowest BCUT2D eigenvalue weighted by Crippen LogP contribution is -2.10. The molecule has 6 nitrogen and oxygen atoms in total. The third-order valence-electron chi connectivity index (χ3n) is 7.42. The molecule has 6 heteroatoms. The van der Waals surface area contributed by atoms with Gasteiger partial charge in [0, 0.05) is 59.5 Å². The Morgan fingerprint density at radius 2 is 1.54 bits per heavy atom. The minimum Gasteiger partial charge on any atom is -0.457 e. The van der Waals surface area contributed by atoms with Gasteiger partial charge in [-0.2, -0.15) is 5.10 Å². The van der Waals surface area contributed by atoms with E-state index >= 15 is 0 Å². The van der Waals surface area contributed by atoms with Gasteiger partial charge < -0.3 is 4.74 Å². The second kappa shape index (κ2) is 9.75. The Bertz CT molecular complexity index is 1980. The van der Waals surface area contributed by atoms with Crippen molar-refractivity contribution in [2.45, 2.75) is 26.2 Å². The van der Waals surface area contributed by atoms with E-state index in [1.165, 1.54) is 10.9 Å². The van der Waals surface area contributed by atoms with Crippen molar-refractivity contribution in [2.75, 3.05) is 0 Å². The van der Waals surface area contributed by atoms with Gasteiger partial charge in [-0.3, -0.25) is 9.55 Å². The Balaban J connectivity index is 1.36. The highest BCUT2D eigenvalue weighted by atomic mass is 16.5. The number of fused-ring (bicyclic) bond motifs is 3. The molecule has 0 saturated carbocycles. The molecule has 0 atom stereocenters. The zero-order valence-corrected chi connectivity index (χ0v) is 23.2. The van der Waals surface area contributed by atoms with Gasteiger partial charge in [-0.25, -0.2) is 9.67 Å². The van der Waals surface area contributed by atoms with Crippen molar-refractivity contribution in [3.05, 3.63) is 128 Å². The lowest BCUT2D eigenvalue weighted by molar-refractivity contribution is 0.483. The van der Waals surface area contributed by atoms with Crippen LogP contribution in [0, 0.1) is 0 Å². The third kappa shape index (κ3) is 4.63. The number of rotatable bonds is 5. The lowest BCUT2D eigenvalue weighted by atomic mass is 9.86. The molecule has 0 aliphatic rings. The molecule has 3 aromatic carbocycles. The molecule has 0 radical (unpaired) electrons. The Morgan fingerprint density at radius 1 is 0.683 bits per heavy atom. The van der Waals surface area contributed by atoms with Crippen molar-refractivity contribution in [1.82, 2.24) is 24.3 Å². The summed E-state index contributed by atoms with van der Waals surface area (Å²) in [5, 5.41) is 6.69. The van der Waals surface area contributed by atoms with Crippen molar-refractivity contribution in [2.24, 2.45) is 0 Å². The monoisotopic (exact) mass is 535 g/mol.